The Morgan fingerprint density at radius 1 is 1.45 bits per heavy atom. The summed E-state index contributed by atoms with van der Waals surface area (Å²) in [6, 6.07) is 6.36. The molecule has 0 atom stereocenters. The smallest absolute Gasteiger partial charge is 0.211 e. The molecule has 11 heavy (non-hydrogen) atoms. The first kappa shape index (κ1) is 7.40. The molecule has 1 amide bonds. The second-order valence-electron chi connectivity index (χ2n) is 1.90. The molecule has 0 bridgehead atoms. The van der Waals surface area contributed by atoms with E-state index in [1.165, 1.54) is 6.07 Å². The van der Waals surface area contributed by atoms with E-state index in [9.17, 15) is 9.70 Å². The first-order valence-electron chi connectivity index (χ1n) is 3.00. The number of rotatable bonds is 3. The highest BCUT2D eigenvalue weighted by Gasteiger charge is 1.92. The molecule has 4 nitrogen and oxygen atoms in total. The molecule has 1 N–H and O–H groups in total. The maximum atomic E-state index is 10.00. The van der Waals surface area contributed by atoms with Crippen molar-refractivity contribution < 1.29 is 4.79 Å². The van der Waals surface area contributed by atoms with Gasteiger partial charge in [-0.1, -0.05) is 6.07 Å². The van der Waals surface area contributed by atoms with Crippen LogP contribution in [0.2, 0.25) is 0 Å². The summed E-state index contributed by atoms with van der Waals surface area (Å²) in [5.74, 6) is 0. The Balaban J connectivity index is 2.90. The van der Waals surface area contributed by atoms with Gasteiger partial charge in [-0.15, -0.1) is 4.91 Å². The van der Waals surface area contributed by atoms with Crippen molar-refractivity contribution in [1.29, 1.82) is 0 Å². The Bertz CT molecular complexity index is 273. The van der Waals surface area contributed by atoms with Crippen molar-refractivity contribution in [3.63, 3.8) is 0 Å². The predicted molar refractivity (Wildman–Crippen MR) is 41.6 cm³/mol. The Hall–Kier alpha value is -1.71. The Morgan fingerprint density at radius 3 is 2.91 bits per heavy atom. The average molecular weight is 150 g/mol. The zero-order valence-electron chi connectivity index (χ0n) is 5.65. The van der Waals surface area contributed by atoms with Gasteiger partial charge in [-0.05, 0) is 23.4 Å². The zero-order chi connectivity index (χ0) is 8.10. The summed E-state index contributed by atoms with van der Waals surface area (Å²) in [6.45, 7) is 0. The van der Waals surface area contributed by atoms with Crippen molar-refractivity contribution >= 4 is 17.8 Å². The van der Waals surface area contributed by atoms with Crippen LogP contribution in [0.3, 0.4) is 0 Å². The minimum absolute atomic E-state index is 0.303. The minimum Gasteiger partial charge on any atom is -0.329 e. The highest BCUT2D eigenvalue weighted by atomic mass is 16.3. The molecule has 0 aliphatic carbocycles. The van der Waals surface area contributed by atoms with Gasteiger partial charge in [0.05, 0.1) is 0 Å². The fourth-order valence-electron chi connectivity index (χ4n) is 0.721. The van der Waals surface area contributed by atoms with Crippen LogP contribution >= 0.6 is 0 Å². The number of nitroso groups, excluding NO2 is 1. The normalized spacial score (nSPS) is 8.73. The van der Waals surface area contributed by atoms with Gasteiger partial charge in [0.25, 0.3) is 0 Å². The zero-order valence-corrected chi connectivity index (χ0v) is 5.65. The van der Waals surface area contributed by atoms with Crippen LogP contribution in [0.1, 0.15) is 0 Å². The number of nitrogens with one attached hydrogen (secondary N) is 1. The SMILES string of the molecule is O=CNc1cccc(N=O)c1. The number of hydrogen-bond donors (Lipinski definition) is 1. The second kappa shape index (κ2) is 3.46. The number of amides is 1. The highest BCUT2D eigenvalue weighted by Crippen LogP contribution is 2.16. The van der Waals surface area contributed by atoms with Gasteiger partial charge in [0.2, 0.25) is 6.41 Å². The number of carbonyl (C=O) groups is 1. The molecule has 0 saturated carbocycles. The van der Waals surface area contributed by atoms with Gasteiger partial charge in [0.15, 0.2) is 0 Å². The summed E-state index contributed by atoms with van der Waals surface area (Å²) in [7, 11) is 0. The number of nitrogens with zero attached hydrogens (tertiary/aromatic N) is 1. The Kier molecular flexibility index (Phi) is 2.32. The molecule has 0 unspecified atom stereocenters. The third-order valence-electron chi connectivity index (χ3n) is 1.18. The lowest BCUT2D eigenvalue weighted by atomic mass is 10.3. The lowest BCUT2D eigenvalue weighted by Crippen LogP contribution is -1.91. The molecule has 0 radical (unpaired) electrons. The summed E-state index contributed by atoms with van der Waals surface area (Å²) in [6.07, 6.45) is 0.546. The van der Waals surface area contributed by atoms with Crippen molar-refractivity contribution in [3.05, 3.63) is 29.2 Å². The van der Waals surface area contributed by atoms with Crippen LogP contribution in [0.25, 0.3) is 0 Å². The quantitative estimate of drug-likeness (QED) is 0.526. The third kappa shape index (κ3) is 1.86. The van der Waals surface area contributed by atoms with Gasteiger partial charge in [0, 0.05) is 5.69 Å². The molecule has 0 heterocycles. The average Bonchev–Trinajstić information content (AvgIpc) is 2.06. The number of hydrogen-bond acceptors (Lipinski definition) is 3. The minimum atomic E-state index is 0.303. The van der Waals surface area contributed by atoms with E-state index in [0.29, 0.717) is 17.8 Å². The molecule has 0 fully saturated rings. The predicted octanol–water partition coefficient (Wildman–Crippen LogP) is 1.65. The molecule has 1 rings (SSSR count). The van der Waals surface area contributed by atoms with Gasteiger partial charge in [-0.3, -0.25) is 4.79 Å². The molecular weight excluding hydrogens is 144 g/mol. The molecule has 0 aliphatic heterocycles. The summed E-state index contributed by atoms with van der Waals surface area (Å²) in [4.78, 5) is 20.0. The first-order chi connectivity index (χ1) is 5.36. The van der Waals surface area contributed by atoms with Crippen LogP contribution in [0.15, 0.2) is 29.4 Å². The summed E-state index contributed by atoms with van der Waals surface area (Å²) in [5, 5.41) is 5.11. The Morgan fingerprint density at radius 2 is 2.27 bits per heavy atom. The molecule has 0 aromatic heterocycles. The van der Waals surface area contributed by atoms with E-state index < -0.39 is 0 Å². The summed E-state index contributed by atoms with van der Waals surface area (Å²) < 4.78 is 0. The molecule has 1 aromatic carbocycles. The van der Waals surface area contributed by atoms with Crippen LogP contribution in [0.4, 0.5) is 11.4 Å². The van der Waals surface area contributed by atoms with E-state index in [0.717, 1.165) is 0 Å². The van der Waals surface area contributed by atoms with Gasteiger partial charge in [-0.25, -0.2) is 0 Å². The number of benzene rings is 1. The lowest BCUT2D eigenvalue weighted by molar-refractivity contribution is -0.105. The van der Waals surface area contributed by atoms with E-state index >= 15 is 0 Å². The van der Waals surface area contributed by atoms with Gasteiger partial charge < -0.3 is 5.32 Å². The largest absolute Gasteiger partial charge is 0.329 e. The maximum Gasteiger partial charge on any atom is 0.211 e. The Labute approximate surface area is 63.2 Å². The topological polar surface area (TPSA) is 58.5 Å². The molecule has 1 aromatic rings. The molecule has 56 valence electrons. The van der Waals surface area contributed by atoms with Crippen molar-refractivity contribution in [2.45, 2.75) is 0 Å². The summed E-state index contributed by atoms with van der Waals surface area (Å²) in [5.41, 5.74) is 0.869. The third-order valence-corrected chi connectivity index (χ3v) is 1.18. The van der Waals surface area contributed by atoms with Crippen LogP contribution < -0.4 is 5.32 Å². The van der Waals surface area contributed by atoms with E-state index in [4.69, 9.17) is 0 Å². The molecule has 0 saturated heterocycles. The van der Waals surface area contributed by atoms with Crippen molar-refractivity contribution in [2.75, 3.05) is 5.32 Å². The maximum absolute atomic E-state index is 10.00. The van der Waals surface area contributed by atoms with Crippen molar-refractivity contribution in [3.8, 4) is 0 Å². The van der Waals surface area contributed by atoms with Crippen LogP contribution in [0, 0.1) is 4.91 Å². The highest BCUT2D eigenvalue weighted by molar-refractivity contribution is 5.72. The van der Waals surface area contributed by atoms with Gasteiger partial charge in [0.1, 0.15) is 5.69 Å². The van der Waals surface area contributed by atoms with E-state index in [1.54, 1.807) is 18.2 Å². The monoisotopic (exact) mass is 150 g/mol. The number of carbonyl (C=O) groups excluding carboxylic acids is 1. The lowest BCUT2D eigenvalue weighted by Gasteiger charge is -1.95. The van der Waals surface area contributed by atoms with Gasteiger partial charge in [-0.2, -0.15) is 0 Å². The standard InChI is InChI=1S/C7H6N2O2/c10-5-8-6-2-1-3-7(4-6)9-11/h1-5H,(H,8,10). The summed E-state index contributed by atoms with van der Waals surface area (Å²) >= 11 is 0. The van der Waals surface area contributed by atoms with E-state index in [2.05, 4.69) is 10.5 Å². The molecule has 0 spiro atoms. The second-order valence-corrected chi connectivity index (χ2v) is 1.90. The van der Waals surface area contributed by atoms with Crippen molar-refractivity contribution in [1.82, 2.24) is 0 Å². The first-order valence-corrected chi connectivity index (χ1v) is 3.00. The fourth-order valence-corrected chi connectivity index (χ4v) is 0.721. The number of anilines is 1. The van der Waals surface area contributed by atoms with Crippen LogP contribution in [-0.2, 0) is 4.79 Å². The van der Waals surface area contributed by atoms with Crippen LogP contribution in [-0.4, -0.2) is 6.41 Å². The molecule has 0 aliphatic rings. The van der Waals surface area contributed by atoms with Crippen LogP contribution in [0.5, 0.6) is 0 Å². The van der Waals surface area contributed by atoms with E-state index in [-0.39, 0.29) is 0 Å². The molecule has 4 heteroatoms. The van der Waals surface area contributed by atoms with E-state index in [1.807, 2.05) is 0 Å². The fraction of sp³-hybridized carbons (Fsp3) is 0. The molecular formula is C7H6N2O2. The van der Waals surface area contributed by atoms with Crippen molar-refractivity contribution in [2.24, 2.45) is 5.18 Å². The van der Waals surface area contributed by atoms with Gasteiger partial charge >= 0.3 is 0 Å².